The van der Waals surface area contributed by atoms with Gasteiger partial charge in [-0.3, -0.25) is 0 Å². The Bertz CT molecular complexity index is 657. The van der Waals surface area contributed by atoms with Crippen molar-refractivity contribution in [2.24, 2.45) is 0 Å². The number of aromatic amines is 1. The Labute approximate surface area is 137 Å². The third-order valence-electron chi connectivity index (χ3n) is 3.45. The molecule has 0 bridgehead atoms. The Balaban J connectivity index is 2.09. The van der Waals surface area contributed by atoms with Crippen LogP contribution < -0.4 is 0 Å². The topological polar surface area (TPSA) is 28.7 Å². The van der Waals surface area contributed by atoms with Gasteiger partial charge in [-0.25, -0.2) is 4.98 Å². The van der Waals surface area contributed by atoms with Crippen LogP contribution in [0.4, 0.5) is 0 Å². The number of thiophene rings is 1. The van der Waals surface area contributed by atoms with Crippen LogP contribution in [0.15, 0.2) is 20.4 Å². The van der Waals surface area contributed by atoms with Crippen molar-refractivity contribution in [2.45, 2.75) is 31.6 Å². The molecule has 0 unspecified atom stereocenters. The highest BCUT2D eigenvalue weighted by Crippen LogP contribution is 2.38. The highest BCUT2D eigenvalue weighted by Gasteiger charge is 2.22. The summed E-state index contributed by atoms with van der Waals surface area (Å²) in [5.74, 6) is 1.46. The van der Waals surface area contributed by atoms with Crippen molar-refractivity contribution in [3.05, 3.63) is 30.7 Å². The molecule has 2 heterocycles. The van der Waals surface area contributed by atoms with Gasteiger partial charge in [-0.15, -0.1) is 11.3 Å². The first-order chi connectivity index (χ1) is 9.15. The first-order valence-corrected chi connectivity index (χ1v) is 9.06. The lowest BCUT2D eigenvalue weighted by molar-refractivity contribution is 0.690. The van der Waals surface area contributed by atoms with Crippen LogP contribution in [0, 0.1) is 4.64 Å². The van der Waals surface area contributed by atoms with Crippen LogP contribution in [0.1, 0.15) is 37.3 Å². The van der Waals surface area contributed by atoms with E-state index in [1.807, 2.05) is 0 Å². The number of rotatable bonds is 2. The Hall–Kier alpha value is -0.0400. The van der Waals surface area contributed by atoms with Gasteiger partial charge in [0.05, 0.1) is 9.35 Å². The van der Waals surface area contributed by atoms with E-state index >= 15 is 0 Å². The van der Waals surface area contributed by atoms with Crippen molar-refractivity contribution in [3.63, 3.8) is 0 Å². The molecule has 1 saturated carbocycles. The summed E-state index contributed by atoms with van der Waals surface area (Å²) in [6.45, 7) is 0. The maximum Gasteiger partial charge on any atom is 0.149 e. The van der Waals surface area contributed by atoms with Gasteiger partial charge in [0, 0.05) is 21.5 Å². The second-order valence-electron chi connectivity index (χ2n) is 4.73. The van der Waals surface area contributed by atoms with Gasteiger partial charge in [0.2, 0.25) is 0 Å². The molecule has 0 saturated heterocycles. The molecule has 0 aliphatic heterocycles. The number of halogens is 2. The number of nitrogens with one attached hydrogen (secondary N) is 1. The second kappa shape index (κ2) is 5.76. The summed E-state index contributed by atoms with van der Waals surface area (Å²) in [7, 11) is 0. The van der Waals surface area contributed by atoms with E-state index in [4.69, 9.17) is 12.2 Å². The molecule has 3 rings (SSSR count). The summed E-state index contributed by atoms with van der Waals surface area (Å²) < 4.78 is 2.70. The molecular weight excluding hydrogens is 408 g/mol. The highest BCUT2D eigenvalue weighted by molar-refractivity contribution is 9.10. The van der Waals surface area contributed by atoms with Crippen molar-refractivity contribution in [2.75, 3.05) is 0 Å². The standard InChI is InChI=1S/C13H12Br2N2S2/c14-8-5-9(19-6-8)12-16-11(7-3-1-2-4-7)10(15)13(18)17-12/h5-7H,1-4H2,(H,16,17,18). The molecule has 1 N–H and O–H groups in total. The molecule has 0 atom stereocenters. The summed E-state index contributed by atoms with van der Waals surface area (Å²) in [6.07, 6.45) is 5.09. The van der Waals surface area contributed by atoms with Crippen molar-refractivity contribution < 1.29 is 0 Å². The third-order valence-corrected chi connectivity index (χ3v) is 6.51. The predicted molar refractivity (Wildman–Crippen MR) is 89.3 cm³/mol. The van der Waals surface area contributed by atoms with Crippen LogP contribution in [0.5, 0.6) is 0 Å². The average molecular weight is 420 g/mol. The van der Waals surface area contributed by atoms with E-state index in [0.29, 0.717) is 10.6 Å². The van der Waals surface area contributed by atoms with Crippen molar-refractivity contribution in [1.29, 1.82) is 0 Å². The Kier molecular flexibility index (Phi) is 4.22. The van der Waals surface area contributed by atoms with E-state index in [0.717, 1.165) is 19.6 Å². The maximum absolute atomic E-state index is 5.39. The number of nitrogens with zero attached hydrogens (tertiary/aromatic N) is 1. The summed E-state index contributed by atoms with van der Waals surface area (Å²) in [4.78, 5) is 9.10. The van der Waals surface area contributed by atoms with Crippen LogP contribution >= 0.6 is 55.4 Å². The van der Waals surface area contributed by atoms with Gasteiger partial charge in [0.25, 0.3) is 0 Å². The molecule has 1 aliphatic carbocycles. The molecule has 0 spiro atoms. The van der Waals surface area contributed by atoms with Gasteiger partial charge in [-0.05, 0) is 50.8 Å². The minimum Gasteiger partial charge on any atom is -0.341 e. The lowest BCUT2D eigenvalue weighted by atomic mass is 10.0. The summed E-state index contributed by atoms with van der Waals surface area (Å²) in [5.41, 5.74) is 1.22. The minimum absolute atomic E-state index is 0.584. The summed E-state index contributed by atoms with van der Waals surface area (Å²) >= 11 is 14.1. The van der Waals surface area contributed by atoms with Crippen molar-refractivity contribution >= 4 is 55.4 Å². The lowest BCUT2D eigenvalue weighted by Gasteiger charge is -2.13. The van der Waals surface area contributed by atoms with Crippen LogP contribution in [-0.2, 0) is 0 Å². The van der Waals surface area contributed by atoms with Crippen LogP contribution in [0.2, 0.25) is 0 Å². The van der Waals surface area contributed by atoms with E-state index in [9.17, 15) is 0 Å². The van der Waals surface area contributed by atoms with Gasteiger partial charge in [-0.2, -0.15) is 0 Å². The first-order valence-electron chi connectivity index (χ1n) is 6.19. The van der Waals surface area contributed by atoms with E-state index < -0.39 is 0 Å². The Morgan fingerprint density at radius 1 is 1.32 bits per heavy atom. The Morgan fingerprint density at radius 3 is 2.68 bits per heavy atom. The fraction of sp³-hybridized carbons (Fsp3) is 0.385. The first kappa shape index (κ1) is 13.9. The van der Waals surface area contributed by atoms with Crippen LogP contribution in [0.25, 0.3) is 10.7 Å². The van der Waals surface area contributed by atoms with E-state index in [1.165, 1.54) is 31.4 Å². The zero-order chi connectivity index (χ0) is 13.4. The molecular formula is C13H12Br2N2S2. The summed E-state index contributed by atoms with van der Waals surface area (Å²) in [5, 5.41) is 2.06. The van der Waals surface area contributed by atoms with Crippen LogP contribution in [-0.4, -0.2) is 9.97 Å². The molecule has 1 fully saturated rings. The molecule has 19 heavy (non-hydrogen) atoms. The monoisotopic (exact) mass is 418 g/mol. The van der Waals surface area contributed by atoms with Gasteiger partial charge in [0.15, 0.2) is 0 Å². The van der Waals surface area contributed by atoms with E-state index in [-0.39, 0.29) is 0 Å². The van der Waals surface area contributed by atoms with Crippen molar-refractivity contribution in [1.82, 2.24) is 9.97 Å². The SMILES string of the molecule is S=c1nc(-c2cc(Br)cs2)[nH]c(C2CCCC2)c1Br. The zero-order valence-corrected chi connectivity index (χ0v) is 14.9. The van der Waals surface area contributed by atoms with E-state index in [1.54, 1.807) is 11.3 Å². The number of aromatic nitrogens is 2. The molecule has 2 nitrogen and oxygen atoms in total. The van der Waals surface area contributed by atoms with Gasteiger partial charge >= 0.3 is 0 Å². The number of H-pyrrole nitrogens is 1. The molecule has 0 radical (unpaired) electrons. The van der Waals surface area contributed by atoms with Gasteiger partial charge in [-0.1, -0.05) is 25.1 Å². The molecule has 2 aromatic rings. The van der Waals surface area contributed by atoms with Gasteiger partial charge in [0.1, 0.15) is 10.5 Å². The largest absolute Gasteiger partial charge is 0.341 e. The third kappa shape index (κ3) is 2.86. The molecule has 1 aliphatic rings. The van der Waals surface area contributed by atoms with E-state index in [2.05, 4.69) is 53.3 Å². The fourth-order valence-electron chi connectivity index (χ4n) is 2.53. The zero-order valence-electron chi connectivity index (χ0n) is 10.1. The highest BCUT2D eigenvalue weighted by atomic mass is 79.9. The number of hydrogen-bond donors (Lipinski definition) is 1. The average Bonchev–Trinajstić information content (AvgIpc) is 3.03. The molecule has 6 heteroatoms. The smallest absolute Gasteiger partial charge is 0.149 e. The quantitative estimate of drug-likeness (QED) is 0.600. The normalized spacial score (nSPS) is 16.1. The second-order valence-corrected chi connectivity index (χ2v) is 7.74. The molecule has 0 aromatic carbocycles. The fourth-order valence-corrected chi connectivity index (χ4v) is 4.61. The van der Waals surface area contributed by atoms with Crippen molar-refractivity contribution in [3.8, 4) is 10.7 Å². The van der Waals surface area contributed by atoms with Crippen LogP contribution in [0.3, 0.4) is 0 Å². The Morgan fingerprint density at radius 2 is 2.05 bits per heavy atom. The molecule has 2 aromatic heterocycles. The van der Waals surface area contributed by atoms with Gasteiger partial charge < -0.3 is 4.98 Å². The molecule has 0 amide bonds. The minimum atomic E-state index is 0.584. The maximum atomic E-state index is 5.39. The number of hydrogen-bond acceptors (Lipinski definition) is 3. The predicted octanol–water partition coefficient (Wildman–Crippen LogP) is 6.05. The lowest BCUT2D eigenvalue weighted by Crippen LogP contribution is -2.02. The summed E-state index contributed by atoms with van der Waals surface area (Å²) in [6, 6.07) is 2.07. The molecule has 100 valence electrons.